The Morgan fingerprint density at radius 3 is 2.47 bits per heavy atom. The van der Waals surface area contributed by atoms with Crippen molar-refractivity contribution in [1.82, 2.24) is 5.32 Å². The number of hydrogen-bond donors (Lipinski definition) is 3. The summed E-state index contributed by atoms with van der Waals surface area (Å²) in [6.07, 6.45) is 0.819. The van der Waals surface area contributed by atoms with Crippen molar-refractivity contribution in [2.75, 3.05) is 6.54 Å². The van der Waals surface area contributed by atoms with E-state index in [1.54, 1.807) is 0 Å². The lowest BCUT2D eigenvalue weighted by Crippen LogP contribution is -2.35. The lowest BCUT2D eigenvalue weighted by molar-refractivity contribution is 0.304. The largest absolute Gasteiger partial charge is 0.409 e. The molecule has 1 aromatic rings. The Balaban J connectivity index is 2.47. The molecule has 0 fully saturated rings. The first-order valence-corrected chi connectivity index (χ1v) is 6.65. The predicted octanol–water partition coefficient (Wildman–Crippen LogP) is 2.81. The highest BCUT2D eigenvalue weighted by Gasteiger charge is 2.23. The Labute approximate surface area is 115 Å². The number of nitrogens with one attached hydrogen (secondary N) is 1. The number of oxime groups is 1. The van der Waals surface area contributed by atoms with Gasteiger partial charge in [-0.05, 0) is 32.4 Å². The van der Waals surface area contributed by atoms with Crippen molar-refractivity contribution in [1.29, 1.82) is 0 Å². The lowest BCUT2D eigenvalue weighted by Gasteiger charge is -2.24. The van der Waals surface area contributed by atoms with E-state index >= 15 is 0 Å². The van der Waals surface area contributed by atoms with Gasteiger partial charge in [0.2, 0.25) is 0 Å². The Morgan fingerprint density at radius 2 is 1.95 bits per heavy atom. The monoisotopic (exact) mass is 263 g/mol. The lowest BCUT2D eigenvalue weighted by atomic mass is 9.88. The van der Waals surface area contributed by atoms with Gasteiger partial charge in [-0.3, -0.25) is 0 Å². The van der Waals surface area contributed by atoms with E-state index in [-0.39, 0.29) is 11.3 Å². The van der Waals surface area contributed by atoms with Crippen molar-refractivity contribution < 1.29 is 5.21 Å². The molecular formula is C15H25N3O. The van der Waals surface area contributed by atoms with Crippen LogP contribution in [-0.4, -0.2) is 17.6 Å². The highest BCUT2D eigenvalue weighted by Crippen LogP contribution is 2.20. The molecule has 19 heavy (non-hydrogen) atoms. The zero-order chi connectivity index (χ0) is 14.5. The van der Waals surface area contributed by atoms with Crippen LogP contribution < -0.4 is 11.1 Å². The molecule has 1 atom stereocenters. The van der Waals surface area contributed by atoms with Crippen molar-refractivity contribution in [3.05, 3.63) is 35.4 Å². The molecule has 0 aliphatic carbocycles. The minimum Gasteiger partial charge on any atom is -0.409 e. The minimum absolute atomic E-state index is 0.275. The number of benzene rings is 1. The highest BCUT2D eigenvalue weighted by atomic mass is 16.4. The summed E-state index contributed by atoms with van der Waals surface area (Å²) < 4.78 is 0. The summed E-state index contributed by atoms with van der Waals surface area (Å²) in [6.45, 7) is 8.99. The second-order valence-corrected chi connectivity index (χ2v) is 5.71. The van der Waals surface area contributed by atoms with Crippen molar-refractivity contribution in [3.8, 4) is 0 Å². The van der Waals surface area contributed by atoms with Gasteiger partial charge in [0.05, 0.1) is 0 Å². The second-order valence-electron chi connectivity index (χ2n) is 5.71. The standard InChI is InChI=1S/C15H25N3O/c1-11-5-7-13(8-6-11)12(2)17-10-9-15(3,4)14(16)18-19/h5-8,12,17,19H,9-10H2,1-4H3,(H2,16,18)/t12-/m0/s1. The van der Waals surface area contributed by atoms with Gasteiger partial charge in [-0.1, -0.05) is 48.8 Å². The molecule has 0 radical (unpaired) electrons. The first-order chi connectivity index (χ1) is 8.86. The number of nitrogens with two attached hydrogens (primary N) is 1. The third kappa shape index (κ3) is 4.56. The summed E-state index contributed by atoms with van der Waals surface area (Å²) in [6, 6.07) is 8.81. The topological polar surface area (TPSA) is 70.6 Å². The fourth-order valence-corrected chi connectivity index (χ4v) is 1.84. The molecule has 1 rings (SSSR count). The molecule has 0 heterocycles. The van der Waals surface area contributed by atoms with Gasteiger partial charge in [0.1, 0.15) is 5.84 Å². The second kappa shape index (κ2) is 6.57. The summed E-state index contributed by atoms with van der Waals surface area (Å²) in [5, 5.41) is 15.3. The van der Waals surface area contributed by atoms with E-state index in [0.29, 0.717) is 6.04 Å². The number of aryl methyl sites for hydroxylation is 1. The Hall–Kier alpha value is -1.55. The van der Waals surface area contributed by atoms with E-state index in [4.69, 9.17) is 10.9 Å². The normalized spacial score (nSPS) is 14.4. The minimum atomic E-state index is -0.297. The van der Waals surface area contributed by atoms with Crippen molar-refractivity contribution in [2.45, 2.75) is 40.2 Å². The number of amidine groups is 1. The molecule has 1 aromatic carbocycles. The van der Waals surface area contributed by atoms with E-state index in [2.05, 4.69) is 48.6 Å². The summed E-state index contributed by atoms with van der Waals surface area (Å²) in [5.74, 6) is 0.275. The van der Waals surface area contributed by atoms with Gasteiger partial charge >= 0.3 is 0 Å². The molecule has 0 amide bonds. The zero-order valence-corrected chi connectivity index (χ0v) is 12.3. The predicted molar refractivity (Wildman–Crippen MR) is 79.4 cm³/mol. The molecule has 0 unspecified atom stereocenters. The van der Waals surface area contributed by atoms with Crippen molar-refractivity contribution in [2.24, 2.45) is 16.3 Å². The fourth-order valence-electron chi connectivity index (χ4n) is 1.84. The number of nitrogens with zero attached hydrogens (tertiary/aromatic N) is 1. The van der Waals surface area contributed by atoms with Crippen LogP contribution in [0.25, 0.3) is 0 Å². The summed E-state index contributed by atoms with van der Waals surface area (Å²) in [5.41, 5.74) is 7.91. The quantitative estimate of drug-likeness (QED) is 0.320. The van der Waals surface area contributed by atoms with Crippen LogP contribution in [0.5, 0.6) is 0 Å². The highest BCUT2D eigenvalue weighted by molar-refractivity contribution is 5.85. The zero-order valence-electron chi connectivity index (χ0n) is 12.3. The van der Waals surface area contributed by atoms with E-state index < -0.39 is 0 Å². The molecule has 0 aliphatic heterocycles. The first kappa shape index (κ1) is 15.5. The van der Waals surface area contributed by atoms with Gasteiger partial charge in [-0.2, -0.15) is 0 Å². The summed E-state index contributed by atoms with van der Waals surface area (Å²) in [4.78, 5) is 0. The van der Waals surface area contributed by atoms with Gasteiger partial charge in [0.25, 0.3) is 0 Å². The third-order valence-corrected chi connectivity index (χ3v) is 3.58. The maximum atomic E-state index is 8.73. The molecule has 4 nitrogen and oxygen atoms in total. The molecule has 0 spiro atoms. The molecule has 0 bridgehead atoms. The number of rotatable bonds is 6. The van der Waals surface area contributed by atoms with Gasteiger partial charge in [0, 0.05) is 11.5 Å². The van der Waals surface area contributed by atoms with Crippen LogP contribution in [0, 0.1) is 12.3 Å². The molecular weight excluding hydrogens is 238 g/mol. The number of hydrogen-bond acceptors (Lipinski definition) is 3. The van der Waals surface area contributed by atoms with Gasteiger partial charge in [0.15, 0.2) is 0 Å². The molecule has 0 saturated carbocycles. The van der Waals surface area contributed by atoms with E-state index in [9.17, 15) is 0 Å². The SMILES string of the molecule is Cc1ccc([C@H](C)NCCC(C)(C)/C(N)=N/O)cc1. The molecule has 4 N–H and O–H groups in total. The van der Waals surface area contributed by atoms with Crippen molar-refractivity contribution in [3.63, 3.8) is 0 Å². The molecule has 0 saturated heterocycles. The van der Waals surface area contributed by atoms with Gasteiger partial charge in [-0.25, -0.2) is 0 Å². The van der Waals surface area contributed by atoms with E-state index in [0.717, 1.165) is 13.0 Å². The van der Waals surface area contributed by atoms with Crippen LogP contribution in [-0.2, 0) is 0 Å². The fraction of sp³-hybridized carbons (Fsp3) is 0.533. The van der Waals surface area contributed by atoms with Crippen molar-refractivity contribution >= 4 is 5.84 Å². The molecule has 0 aliphatic rings. The molecule has 4 heteroatoms. The van der Waals surface area contributed by atoms with Crippen LogP contribution in [0.1, 0.15) is 44.4 Å². The summed E-state index contributed by atoms with van der Waals surface area (Å²) >= 11 is 0. The average molecular weight is 263 g/mol. The Kier molecular flexibility index (Phi) is 5.36. The van der Waals surface area contributed by atoms with Crippen LogP contribution in [0.4, 0.5) is 0 Å². The third-order valence-electron chi connectivity index (χ3n) is 3.58. The van der Waals surface area contributed by atoms with Gasteiger partial charge in [-0.15, -0.1) is 0 Å². The average Bonchev–Trinajstić information content (AvgIpc) is 2.38. The first-order valence-electron chi connectivity index (χ1n) is 6.65. The summed E-state index contributed by atoms with van der Waals surface area (Å²) in [7, 11) is 0. The maximum absolute atomic E-state index is 8.73. The van der Waals surface area contributed by atoms with Crippen LogP contribution in [0.15, 0.2) is 29.4 Å². The van der Waals surface area contributed by atoms with Crippen LogP contribution in [0.2, 0.25) is 0 Å². The maximum Gasteiger partial charge on any atom is 0.144 e. The van der Waals surface area contributed by atoms with Crippen LogP contribution >= 0.6 is 0 Å². The Morgan fingerprint density at radius 1 is 1.37 bits per heavy atom. The van der Waals surface area contributed by atoms with Gasteiger partial charge < -0.3 is 16.3 Å². The molecule has 106 valence electrons. The van der Waals surface area contributed by atoms with E-state index in [1.807, 2.05) is 13.8 Å². The van der Waals surface area contributed by atoms with Crippen LogP contribution in [0.3, 0.4) is 0 Å². The van der Waals surface area contributed by atoms with E-state index in [1.165, 1.54) is 11.1 Å². The molecule has 0 aromatic heterocycles. The smallest absolute Gasteiger partial charge is 0.144 e. The Bertz CT molecular complexity index is 424.